The molecule has 1 heterocycles. The maximum Gasteiger partial charge on any atom is 1.00 e. The van der Waals surface area contributed by atoms with Crippen molar-refractivity contribution in [3.63, 3.8) is 0 Å². The first-order valence-electron chi connectivity index (χ1n) is 6.21. The number of allylic oxidation sites excluding steroid dienone is 4. The van der Waals surface area contributed by atoms with Gasteiger partial charge in [0.1, 0.15) is 0 Å². The molecule has 0 amide bonds. The van der Waals surface area contributed by atoms with Gasteiger partial charge >= 0.3 is 29.6 Å². The Labute approximate surface area is 136 Å². The molecule has 1 aromatic heterocycles. The SMILES string of the molecule is C/C=C\C(=C/CC)c1ccc2cccc([O-])c2[nH+]1.[Na+]. The fourth-order valence-electron chi connectivity index (χ4n) is 2.01. The molecule has 0 radical (unpaired) electrons. The minimum Gasteiger partial charge on any atom is -0.868 e. The molecule has 0 saturated carbocycles. The molecule has 2 aromatic rings. The molecule has 1 aromatic carbocycles. The minimum atomic E-state index is 0. The van der Waals surface area contributed by atoms with Crippen molar-refractivity contribution < 1.29 is 39.6 Å². The van der Waals surface area contributed by atoms with Crippen molar-refractivity contribution in [3.05, 3.63) is 54.3 Å². The van der Waals surface area contributed by atoms with Gasteiger partial charge in [0, 0.05) is 17.0 Å². The summed E-state index contributed by atoms with van der Waals surface area (Å²) in [7, 11) is 0. The Kier molecular flexibility index (Phi) is 6.29. The predicted octanol–water partition coefficient (Wildman–Crippen LogP) is 0.101. The average Bonchev–Trinajstić information content (AvgIpc) is 2.39. The molecule has 0 aliphatic carbocycles. The number of H-pyrrole nitrogens is 1. The summed E-state index contributed by atoms with van der Waals surface area (Å²) in [5, 5.41) is 12.7. The summed E-state index contributed by atoms with van der Waals surface area (Å²) in [5.74, 6) is 0.0330. The van der Waals surface area contributed by atoms with Gasteiger partial charge < -0.3 is 5.11 Å². The molecule has 0 aliphatic rings. The maximum atomic E-state index is 11.8. The van der Waals surface area contributed by atoms with Crippen molar-refractivity contribution in [1.29, 1.82) is 0 Å². The fourth-order valence-corrected chi connectivity index (χ4v) is 2.01. The van der Waals surface area contributed by atoms with Crippen LogP contribution in [0.3, 0.4) is 0 Å². The Bertz CT molecular complexity index is 617. The first-order valence-corrected chi connectivity index (χ1v) is 6.21. The van der Waals surface area contributed by atoms with Crippen LogP contribution in [0, 0.1) is 0 Å². The van der Waals surface area contributed by atoms with Crippen LogP contribution in [0.25, 0.3) is 16.5 Å². The Morgan fingerprint density at radius 3 is 2.74 bits per heavy atom. The summed E-state index contributed by atoms with van der Waals surface area (Å²) in [6.07, 6.45) is 7.16. The molecule has 0 aliphatic heterocycles. The summed E-state index contributed by atoms with van der Waals surface area (Å²) in [4.78, 5) is 3.23. The zero-order valence-electron chi connectivity index (χ0n) is 11.7. The van der Waals surface area contributed by atoms with Gasteiger partial charge in [-0.05, 0) is 31.2 Å². The molecule has 2 nitrogen and oxygen atoms in total. The van der Waals surface area contributed by atoms with Crippen molar-refractivity contribution in [1.82, 2.24) is 0 Å². The Hall–Kier alpha value is -1.09. The molecular weight excluding hydrogens is 245 g/mol. The van der Waals surface area contributed by atoms with E-state index in [0.717, 1.165) is 23.1 Å². The van der Waals surface area contributed by atoms with Crippen LogP contribution in [0.1, 0.15) is 26.0 Å². The van der Waals surface area contributed by atoms with Crippen molar-refractivity contribution in [2.24, 2.45) is 0 Å². The number of hydrogen-bond acceptors (Lipinski definition) is 1. The van der Waals surface area contributed by atoms with E-state index in [2.05, 4.69) is 24.1 Å². The molecule has 0 fully saturated rings. The topological polar surface area (TPSA) is 37.2 Å². The van der Waals surface area contributed by atoms with Gasteiger partial charge in [0.05, 0.1) is 0 Å². The van der Waals surface area contributed by atoms with E-state index in [1.807, 2.05) is 31.2 Å². The van der Waals surface area contributed by atoms with E-state index in [1.54, 1.807) is 12.1 Å². The molecule has 0 spiro atoms. The van der Waals surface area contributed by atoms with Gasteiger partial charge in [-0.2, -0.15) is 0 Å². The summed E-state index contributed by atoms with van der Waals surface area (Å²) in [6, 6.07) is 9.31. The summed E-state index contributed by atoms with van der Waals surface area (Å²) < 4.78 is 0. The normalized spacial score (nSPS) is 11.8. The Morgan fingerprint density at radius 1 is 1.26 bits per heavy atom. The summed E-state index contributed by atoms with van der Waals surface area (Å²) in [6.45, 7) is 4.09. The van der Waals surface area contributed by atoms with Crippen LogP contribution in [-0.4, -0.2) is 0 Å². The van der Waals surface area contributed by atoms with Crippen molar-refractivity contribution >= 4 is 16.5 Å². The fraction of sp³-hybridized carbons (Fsp3) is 0.188. The zero-order valence-corrected chi connectivity index (χ0v) is 13.7. The quantitative estimate of drug-likeness (QED) is 0.571. The molecule has 0 saturated heterocycles. The monoisotopic (exact) mass is 262 g/mol. The number of hydrogen-bond donors (Lipinski definition) is 0. The third kappa shape index (κ3) is 3.69. The van der Waals surface area contributed by atoms with E-state index in [4.69, 9.17) is 0 Å². The van der Waals surface area contributed by atoms with Crippen LogP contribution in [-0.2, 0) is 0 Å². The molecule has 3 heteroatoms. The number of aromatic nitrogens is 1. The second-order valence-electron chi connectivity index (χ2n) is 4.16. The number of rotatable bonds is 3. The summed E-state index contributed by atoms with van der Waals surface area (Å²) >= 11 is 0. The van der Waals surface area contributed by atoms with Crippen LogP contribution in [0.5, 0.6) is 5.75 Å². The Balaban J connectivity index is 0.00000180. The van der Waals surface area contributed by atoms with Gasteiger partial charge in [0.15, 0.2) is 0 Å². The smallest absolute Gasteiger partial charge is 0.868 e. The van der Waals surface area contributed by atoms with Gasteiger partial charge in [-0.25, -0.2) is 4.98 Å². The third-order valence-corrected chi connectivity index (χ3v) is 2.83. The minimum absolute atomic E-state index is 0. The van der Waals surface area contributed by atoms with E-state index in [0.29, 0.717) is 5.52 Å². The van der Waals surface area contributed by atoms with Crippen molar-refractivity contribution in [2.45, 2.75) is 20.3 Å². The predicted molar refractivity (Wildman–Crippen MR) is 73.0 cm³/mol. The molecular formula is C16H17NNaO+. The van der Waals surface area contributed by atoms with Crippen LogP contribution >= 0.6 is 0 Å². The maximum absolute atomic E-state index is 11.8. The van der Waals surface area contributed by atoms with E-state index in [1.165, 1.54) is 0 Å². The number of para-hydroxylation sites is 1. The Morgan fingerprint density at radius 2 is 2.05 bits per heavy atom. The number of fused-ring (bicyclic) bond motifs is 1. The van der Waals surface area contributed by atoms with Crippen LogP contribution in [0.4, 0.5) is 0 Å². The first-order chi connectivity index (χ1) is 8.76. The largest absolute Gasteiger partial charge is 1.00 e. The average molecular weight is 262 g/mol. The van der Waals surface area contributed by atoms with Crippen molar-refractivity contribution in [2.75, 3.05) is 0 Å². The van der Waals surface area contributed by atoms with E-state index >= 15 is 0 Å². The van der Waals surface area contributed by atoms with E-state index in [-0.39, 0.29) is 35.3 Å². The second kappa shape index (κ2) is 7.49. The van der Waals surface area contributed by atoms with Gasteiger partial charge in [0.2, 0.25) is 11.2 Å². The van der Waals surface area contributed by atoms with Crippen LogP contribution in [0.2, 0.25) is 0 Å². The second-order valence-corrected chi connectivity index (χ2v) is 4.16. The number of nitrogens with one attached hydrogen (secondary N) is 1. The molecule has 19 heavy (non-hydrogen) atoms. The first kappa shape index (κ1) is 16.0. The van der Waals surface area contributed by atoms with Crippen molar-refractivity contribution in [3.8, 4) is 5.75 Å². The number of benzene rings is 1. The standard InChI is InChI=1S/C16H17NO.Na/c1-3-6-12(7-4-2)14-11-10-13-8-5-9-15(18)16(13)17-14;/h3,5-11,18H,4H2,1-2H3;/q;+1/b6-3-,12-7+;. The van der Waals surface area contributed by atoms with E-state index < -0.39 is 0 Å². The van der Waals surface area contributed by atoms with Gasteiger partial charge in [-0.1, -0.05) is 37.3 Å². The molecule has 92 valence electrons. The van der Waals surface area contributed by atoms with Crippen LogP contribution in [0.15, 0.2) is 48.6 Å². The number of aromatic amines is 1. The van der Waals surface area contributed by atoms with Gasteiger partial charge in [-0.3, -0.25) is 0 Å². The van der Waals surface area contributed by atoms with Gasteiger partial charge in [-0.15, -0.1) is 0 Å². The summed E-state index contributed by atoms with van der Waals surface area (Å²) in [5.41, 5.74) is 2.76. The molecule has 2 rings (SSSR count). The molecule has 0 bridgehead atoms. The van der Waals surface area contributed by atoms with Crippen LogP contribution < -0.4 is 39.6 Å². The molecule has 1 N–H and O–H groups in total. The molecule has 0 atom stereocenters. The molecule has 0 unspecified atom stereocenters. The van der Waals surface area contributed by atoms with E-state index in [9.17, 15) is 5.11 Å². The third-order valence-electron chi connectivity index (χ3n) is 2.83. The van der Waals surface area contributed by atoms with Gasteiger partial charge in [0.25, 0.3) is 0 Å². The zero-order chi connectivity index (χ0) is 13.0. The number of pyridine rings is 1.